The lowest BCUT2D eigenvalue weighted by Gasteiger charge is -2.10. The zero-order valence-electron chi connectivity index (χ0n) is 7.42. The van der Waals surface area contributed by atoms with Crippen LogP contribution in [0.15, 0.2) is 12.1 Å². The van der Waals surface area contributed by atoms with Gasteiger partial charge in [0.05, 0.1) is 0 Å². The fraction of sp³-hybridized carbons (Fsp3) is 0.222. The van der Waals surface area contributed by atoms with Crippen molar-refractivity contribution in [2.24, 2.45) is 5.73 Å². The first kappa shape index (κ1) is 10.9. The molecule has 76 valence electrons. The molecule has 0 aromatic heterocycles. The number of hydrogen-bond acceptors (Lipinski definition) is 2. The number of rotatable bonds is 2. The lowest BCUT2D eigenvalue weighted by molar-refractivity contribution is -0.138. The van der Waals surface area contributed by atoms with Gasteiger partial charge in [0.2, 0.25) is 0 Å². The number of nitrogens with two attached hydrogens (primary N) is 1. The molecule has 14 heavy (non-hydrogen) atoms. The summed E-state index contributed by atoms with van der Waals surface area (Å²) >= 11 is 5.73. The number of benzene rings is 1. The van der Waals surface area contributed by atoms with Gasteiger partial charge in [-0.3, -0.25) is 4.79 Å². The Kier molecular flexibility index (Phi) is 3.08. The molecule has 5 heteroatoms. The van der Waals surface area contributed by atoms with Crippen LogP contribution >= 0.6 is 11.6 Å². The summed E-state index contributed by atoms with van der Waals surface area (Å²) in [6.07, 6.45) is 0. The van der Waals surface area contributed by atoms with Gasteiger partial charge in [-0.15, -0.1) is 0 Å². The first-order chi connectivity index (χ1) is 6.43. The summed E-state index contributed by atoms with van der Waals surface area (Å²) in [5.41, 5.74) is 5.75. The van der Waals surface area contributed by atoms with Crippen LogP contribution in [0.25, 0.3) is 0 Å². The zero-order valence-corrected chi connectivity index (χ0v) is 8.18. The maximum absolute atomic E-state index is 13.1. The molecule has 0 aliphatic carbocycles. The van der Waals surface area contributed by atoms with Gasteiger partial charge in [-0.25, -0.2) is 4.39 Å². The summed E-state index contributed by atoms with van der Waals surface area (Å²) in [4.78, 5) is 10.5. The minimum absolute atomic E-state index is 0.0854. The van der Waals surface area contributed by atoms with E-state index in [1.165, 1.54) is 13.0 Å². The number of carboxylic acids is 1. The Hall–Kier alpha value is -1.13. The van der Waals surface area contributed by atoms with Crippen LogP contribution in [0.1, 0.15) is 17.2 Å². The molecule has 0 fully saturated rings. The predicted molar refractivity (Wildman–Crippen MR) is 50.7 cm³/mol. The molecule has 1 rings (SSSR count). The summed E-state index contributed by atoms with van der Waals surface area (Å²) in [5.74, 6) is -1.75. The second kappa shape index (κ2) is 3.94. The summed E-state index contributed by atoms with van der Waals surface area (Å²) in [6.45, 7) is 1.54. The largest absolute Gasteiger partial charge is 0.480 e. The van der Waals surface area contributed by atoms with Crippen LogP contribution in [0, 0.1) is 12.7 Å². The van der Waals surface area contributed by atoms with Crippen LogP contribution in [0.5, 0.6) is 0 Å². The molecule has 1 aromatic rings. The molecule has 3 nitrogen and oxygen atoms in total. The first-order valence-corrected chi connectivity index (χ1v) is 4.25. The van der Waals surface area contributed by atoms with E-state index < -0.39 is 17.8 Å². The molecule has 0 aliphatic rings. The maximum atomic E-state index is 13.1. The molecule has 0 amide bonds. The van der Waals surface area contributed by atoms with E-state index in [0.717, 1.165) is 6.07 Å². The van der Waals surface area contributed by atoms with Gasteiger partial charge in [-0.05, 0) is 24.6 Å². The van der Waals surface area contributed by atoms with E-state index >= 15 is 0 Å². The minimum atomic E-state index is -1.29. The monoisotopic (exact) mass is 217 g/mol. The molecule has 0 radical (unpaired) electrons. The van der Waals surface area contributed by atoms with Crippen LogP contribution in [0.3, 0.4) is 0 Å². The number of carbonyl (C=O) groups is 1. The molecule has 3 N–H and O–H groups in total. The molecule has 0 saturated heterocycles. The topological polar surface area (TPSA) is 63.3 Å². The van der Waals surface area contributed by atoms with Crippen molar-refractivity contribution in [3.8, 4) is 0 Å². The Morgan fingerprint density at radius 1 is 1.64 bits per heavy atom. The Morgan fingerprint density at radius 2 is 2.21 bits per heavy atom. The van der Waals surface area contributed by atoms with Gasteiger partial charge >= 0.3 is 5.97 Å². The van der Waals surface area contributed by atoms with Crippen LogP contribution < -0.4 is 5.73 Å². The second-order valence-electron chi connectivity index (χ2n) is 2.94. The lowest BCUT2D eigenvalue weighted by Crippen LogP contribution is -2.21. The van der Waals surface area contributed by atoms with Crippen LogP contribution in [0.4, 0.5) is 4.39 Å². The molecule has 1 unspecified atom stereocenters. The Morgan fingerprint density at radius 3 is 2.71 bits per heavy atom. The minimum Gasteiger partial charge on any atom is -0.480 e. The molecular formula is C9H9ClFNO2. The smallest absolute Gasteiger partial charge is 0.325 e. The van der Waals surface area contributed by atoms with E-state index in [0.29, 0.717) is 5.56 Å². The number of aliphatic carboxylic acids is 1. The van der Waals surface area contributed by atoms with E-state index in [-0.39, 0.29) is 10.6 Å². The predicted octanol–water partition coefficient (Wildman–Crippen LogP) is 1.87. The highest BCUT2D eigenvalue weighted by atomic mass is 35.5. The number of carboxylic acid groups (broad SMARTS) is 1. The zero-order chi connectivity index (χ0) is 10.9. The summed E-state index contributed by atoms with van der Waals surface area (Å²) in [6, 6.07) is 1.11. The van der Waals surface area contributed by atoms with Crippen LogP contribution in [0.2, 0.25) is 5.02 Å². The molecule has 0 heterocycles. The van der Waals surface area contributed by atoms with E-state index in [2.05, 4.69) is 0 Å². The van der Waals surface area contributed by atoms with Gasteiger partial charge in [-0.2, -0.15) is 0 Å². The fourth-order valence-corrected chi connectivity index (χ4v) is 1.37. The van der Waals surface area contributed by atoms with Crippen molar-refractivity contribution in [3.05, 3.63) is 34.1 Å². The van der Waals surface area contributed by atoms with E-state index in [1.807, 2.05) is 0 Å². The van der Waals surface area contributed by atoms with Gasteiger partial charge in [-0.1, -0.05) is 11.6 Å². The van der Waals surface area contributed by atoms with E-state index in [9.17, 15) is 9.18 Å². The Labute approximate surface area is 85.3 Å². The summed E-state index contributed by atoms with van der Waals surface area (Å²) in [5, 5.41) is 8.78. The Bertz CT molecular complexity index is 381. The van der Waals surface area contributed by atoms with Gasteiger partial charge in [0.25, 0.3) is 0 Å². The van der Waals surface area contributed by atoms with Gasteiger partial charge in [0.15, 0.2) is 0 Å². The van der Waals surface area contributed by atoms with Crippen LogP contribution in [-0.2, 0) is 4.79 Å². The van der Waals surface area contributed by atoms with Crippen LogP contribution in [-0.4, -0.2) is 11.1 Å². The quantitative estimate of drug-likeness (QED) is 0.795. The van der Waals surface area contributed by atoms with Crippen molar-refractivity contribution in [2.45, 2.75) is 13.0 Å². The van der Waals surface area contributed by atoms with Crippen molar-refractivity contribution >= 4 is 17.6 Å². The van der Waals surface area contributed by atoms with Gasteiger partial charge in [0.1, 0.15) is 11.9 Å². The summed E-state index contributed by atoms with van der Waals surface area (Å²) < 4.78 is 13.1. The Balaban J connectivity index is 3.22. The normalized spacial score (nSPS) is 12.6. The molecule has 1 atom stereocenters. The maximum Gasteiger partial charge on any atom is 0.325 e. The summed E-state index contributed by atoms with van der Waals surface area (Å²) in [7, 11) is 0. The molecule has 0 spiro atoms. The van der Waals surface area contributed by atoms with E-state index in [4.69, 9.17) is 22.4 Å². The van der Waals surface area contributed by atoms with Crippen molar-refractivity contribution in [1.82, 2.24) is 0 Å². The lowest BCUT2D eigenvalue weighted by atomic mass is 10.1. The number of aryl methyl sites for hydroxylation is 1. The van der Waals surface area contributed by atoms with Gasteiger partial charge < -0.3 is 10.8 Å². The number of halogens is 2. The average molecular weight is 218 g/mol. The molecular weight excluding hydrogens is 209 g/mol. The molecule has 0 saturated carbocycles. The SMILES string of the molecule is Cc1cc(Cl)c(C(N)C(=O)O)cc1F. The van der Waals surface area contributed by atoms with Crippen molar-refractivity contribution in [1.29, 1.82) is 0 Å². The second-order valence-corrected chi connectivity index (χ2v) is 3.35. The molecule has 1 aromatic carbocycles. The third-order valence-electron chi connectivity index (χ3n) is 1.88. The highest BCUT2D eigenvalue weighted by Gasteiger charge is 2.18. The van der Waals surface area contributed by atoms with Crippen molar-refractivity contribution in [3.63, 3.8) is 0 Å². The third kappa shape index (κ3) is 2.02. The highest BCUT2D eigenvalue weighted by Crippen LogP contribution is 2.24. The fourth-order valence-electron chi connectivity index (χ4n) is 1.03. The molecule has 0 bridgehead atoms. The standard InChI is InChI=1S/C9H9ClFNO2/c1-4-2-6(10)5(3-7(4)11)8(12)9(13)14/h2-3,8H,12H2,1H3,(H,13,14). The number of hydrogen-bond donors (Lipinski definition) is 2. The van der Waals surface area contributed by atoms with E-state index in [1.54, 1.807) is 0 Å². The van der Waals surface area contributed by atoms with Crippen molar-refractivity contribution < 1.29 is 14.3 Å². The van der Waals surface area contributed by atoms with Gasteiger partial charge in [0, 0.05) is 10.6 Å². The highest BCUT2D eigenvalue weighted by molar-refractivity contribution is 6.31. The average Bonchev–Trinajstić information content (AvgIpc) is 2.10. The third-order valence-corrected chi connectivity index (χ3v) is 2.21. The van der Waals surface area contributed by atoms with Crippen molar-refractivity contribution in [2.75, 3.05) is 0 Å². The molecule has 0 aliphatic heterocycles. The first-order valence-electron chi connectivity index (χ1n) is 3.87.